The average Bonchev–Trinajstić information content (AvgIpc) is 2.93. The van der Waals surface area contributed by atoms with E-state index in [-0.39, 0.29) is 11.9 Å². The van der Waals surface area contributed by atoms with Crippen LogP contribution in [0.25, 0.3) is 0 Å². The van der Waals surface area contributed by atoms with E-state index >= 15 is 0 Å². The van der Waals surface area contributed by atoms with Crippen LogP contribution < -0.4 is 4.90 Å². The molecule has 0 aliphatic carbocycles. The fourth-order valence-corrected chi connectivity index (χ4v) is 2.46. The van der Waals surface area contributed by atoms with Crippen molar-refractivity contribution in [3.05, 3.63) is 29.7 Å². The third kappa shape index (κ3) is 3.02. The molecule has 6 nitrogen and oxygen atoms in total. The number of rotatable bonds is 2. The monoisotopic (exact) mass is 313 g/mol. The summed E-state index contributed by atoms with van der Waals surface area (Å²) < 4.78 is 43.2. The summed E-state index contributed by atoms with van der Waals surface area (Å²) in [5, 5.41) is 3.76. The van der Waals surface area contributed by atoms with Crippen LogP contribution in [0.3, 0.4) is 0 Å². The smallest absolute Gasteiger partial charge is 0.341 e. The first-order valence-electron chi connectivity index (χ1n) is 6.89. The minimum atomic E-state index is -4.46. The Morgan fingerprint density at radius 2 is 1.95 bits per heavy atom. The summed E-state index contributed by atoms with van der Waals surface area (Å²) in [6.45, 7) is 2.85. The fraction of sp³-hybridized carbons (Fsp3) is 0.538. The van der Waals surface area contributed by atoms with Crippen LogP contribution in [-0.2, 0) is 6.18 Å². The van der Waals surface area contributed by atoms with Crippen LogP contribution in [0.1, 0.15) is 36.2 Å². The SMILES string of the molecule is Cc1noc(C2CCN(c3nccc(C(F)(F)F)n3)CC2)n1. The van der Waals surface area contributed by atoms with E-state index in [1.54, 1.807) is 11.8 Å². The highest BCUT2D eigenvalue weighted by Crippen LogP contribution is 2.31. The van der Waals surface area contributed by atoms with Gasteiger partial charge in [-0.25, -0.2) is 9.97 Å². The standard InChI is InChI=1S/C13H14F3N5O/c1-8-18-11(22-20-8)9-3-6-21(7-4-9)12-17-5-2-10(19-12)13(14,15)16/h2,5,9H,3-4,6-7H2,1H3. The molecule has 1 aliphatic rings. The van der Waals surface area contributed by atoms with E-state index in [1.807, 2.05) is 0 Å². The third-order valence-electron chi connectivity index (χ3n) is 3.60. The highest BCUT2D eigenvalue weighted by atomic mass is 19.4. The summed E-state index contributed by atoms with van der Waals surface area (Å²) in [6, 6.07) is 0.872. The van der Waals surface area contributed by atoms with Gasteiger partial charge in [0.05, 0.1) is 0 Å². The van der Waals surface area contributed by atoms with Crippen molar-refractivity contribution >= 4 is 5.95 Å². The molecule has 118 valence electrons. The van der Waals surface area contributed by atoms with Crippen LogP contribution >= 0.6 is 0 Å². The first-order chi connectivity index (χ1) is 10.4. The molecule has 0 bridgehead atoms. The Morgan fingerprint density at radius 3 is 2.55 bits per heavy atom. The maximum Gasteiger partial charge on any atom is 0.433 e. The molecule has 2 aromatic rings. The molecule has 9 heteroatoms. The van der Waals surface area contributed by atoms with Crippen molar-refractivity contribution in [3.8, 4) is 0 Å². The van der Waals surface area contributed by atoms with E-state index in [0.717, 1.165) is 12.3 Å². The minimum Gasteiger partial charge on any atom is -0.341 e. The molecule has 0 saturated carbocycles. The Kier molecular flexibility index (Phi) is 3.71. The Hall–Kier alpha value is -2.19. The average molecular weight is 313 g/mol. The van der Waals surface area contributed by atoms with Gasteiger partial charge in [0.1, 0.15) is 5.69 Å². The van der Waals surface area contributed by atoms with Gasteiger partial charge < -0.3 is 9.42 Å². The number of aromatic nitrogens is 4. The van der Waals surface area contributed by atoms with Gasteiger partial charge in [-0.2, -0.15) is 18.2 Å². The van der Waals surface area contributed by atoms with Gasteiger partial charge in [0.2, 0.25) is 11.8 Å². The van der Waals surface area contributed by atoms with Crippen molar-refractivity contribution in [1.29, 1.82) is 0 Å². The van der Waals surface area contributed by atoms with Crippen LogP contribution in [0.4, 0.5) is 19.1 Å². The Labute approximate surface area is 124 Å². The van der Waals surface area contributed by atoms with Crippen LogP contribution in [0.15, 0.2) is 16.8 Å². The van der Waals surface area contributed by atoms with E-state index in [9.17, 15) is 13.2 Å². The Morgan fingerprint density at radius 1 is 1.23 bits per heavy atom. The third-order valence-corrected chi connectivity index (χ3v) is 3.60. The molecule has 0 atom stereocenters. The number of piperidine rings is 1. The molecule has 0 N–H and O–H groups in total. The number of alkyl halides is 3. The van der Waals surface area contributed by atoms with Gasteiger partial charge in [-0.3, -0.25) is 0 Å². The van der Waals surface area contributed by atoms with E-state index in [4.69, 9.17) is 4.52 Å². The minimum absolute atomic E-state index is 0.106. The van der Waals surface area contributed by atoms with E-state index < -0.39 is 11.9 Å². The lowest BCUT2D eigenvalue weighted by molar-refractivity contribution is -0.141. The van der Waals surface area contributed by atoms with Crippen molar-refractivity contribution in [2.75, 3.05) is 18.0 Å². The molecule has 0 spiro atoms. The zero-order valence-electron chi connectivity index (χ0n) is 11.8. The van der Waals surface area contributed by atoms with Crippen LogP contribution in [0.2, 0.25) is 0 Å². The van der Waals surface area contributed by atoms with Crippen molar-refractivity contribution < 1.29 is 17.7 Å². The molecular weight excluding hydrogens is 299 g/mol. The van der Waals surface area contributed by atoms with Gasteiger partial charge in [0, 0.05) is 25.2 Å². The molecule has 1 fully saturated rings. The van der Waals surface area contributed by atoms with Crippen LogP contribution in [0, 0.1) is 6.92 Å². The highest BCUT2D eigenvalue weighted by Gasteiger charge is 2.34. The van der Waals surface area contributed by atoms with Crippen LogP contribution in [0.5, 0.6) is 0 Å². The first-order valence-corrected chi connectivity index (χ1v) is 6.89. The number of hydrogen-bond donors (Lipinski definition) is 0. The predicted molar refractivity (Wildman–Crippen MR) is 70.3 cm³/mol. The summed E-state index contributed by atoms with van der Waals surface area (Å²) >= 11 is 0. The van der Waals surface area contributed by atoms with Crippen molar-refractivity contribution in [1.82, 2.24) is 20.1 Å². The lowest BCUT2D eigenvalue weighted by atomic mass is 9.97. The second-order valence-electron chi connectivity index (χ2n) is 5.18. The summed E-state index contributed by atoms with van der Waals surface area (Å²) in [6.07, 6.45) is -1.90. The predicted octanol–water partition coefficient (Wildman–Crippen LogP) is 2.57. The van der Waals surface area contributed by atoms with Gasteiger partial charge in [0.25, 0.3) is 0 Å². The zero-order valence-corrected chi connectivity index (χ0v) is 11.8. The summed E-state index contributed by atoms with van der Waals surface area (Å²) in [5.41, 5.74) is -0.924. The van der Waals surface area contributed by atoms with Gasteiger partial charge >= 0.3 is 6.18 Å². The molecule has 1 saturated heterocycles. The first kappa shape index (κ1) is 14.7. The largest absolute Gasteiger partial charge is 0.433 e. The van der Waals surface area contributed by atoms with E-state index in [0.29, 0.717) is 37.6 Å². The highest BCUT2D eigenvalue weighted by molar-refractivity contribution is 5.32. The van der Waals surface area contributed by atoms with Crippen molar-refractivity contribution in [2.24, 2.45) is 0 Å². The molecule has 2 aromatic heterocycles. The van der Waals surface area contributed by atoms with Gasteiger partial charge in [-0.15, -0.1) is 0 Å². The van der Waals surface area contributed by atoms with Gasteiger partial charge in [-0.05, 0) is 25.8 Å². The normalized spacial score (nSPS) is 17.0. The zero-order chi connectivity index (χ0) is 15.7. The van der Waals surface area contributed by atoms with Crippen molar-refractivity contribution in [3.63, 3.8) is 0 Å². The number of aryl methyl sites for hydroxylation is 1. The molecule has 0 radical (unpaired) electrons. The molecule has 0 amide bonds. The summed E-state index contributed by atoms with van der Waals surface area (Å²) in [4.78, 5) is 13.5. The molecule has 3 heterocycles. The summed E-state index contributed by atoms with van der Waals surface area (Å²) in [5.74, 6) is 1.40. The van der Waals surface area contributed by atoms with Crippen LogP contribution in [-0.4, -0.2) is 33.2 Å². The molecule has 3 rings (SSSR count). The van der Waals surface area contributed by atoms with Crippen molar-refractivity contribution in [2.45, 2.75) is 31.9 Å². The van der Waals surface area contributed by atoms with E-state index in [1.165, 1.54) is 0 Å². The molecule has 0 aromatic carbocycles. The number of nitrogens with zero attached hydrogens (tertiary/aromatic N) is 5. The van der Waals surface area contributed by atoms with Gasteiger partial charge in [0.15, 0.2) is 5.82 Å². The molecule has 0 unspecified atom stereocenters. The topological polar surface area (TPSA) is 67.9 Å². The number of hydrogen-bond acceptors (Lipinski definition) is 6. The fourth-order valence-electron chi connectivity index (χ4n) is 2.46. The molecule has 22 heavy (non-hydrogen) atoms. The quantitative estimate of drug-likeness (QED) is 0.849. The Balaban J connectivity index is 1.69. The van der Waals surface area contributed by atoms with E-state index in [2.05, 4.69) is 20.1 Å². The second kappa shape index (κ2) is 5.54. The lowest BCUT2D eigenvalue weighted by Crippen LogP contribution is -2.34. The maximum absolute atomic E-state index is 12.7. The second-order valence-corrected chi connectivity index (χ2v) is 5.18. The summed E-state index contributed by atoms with van der Waals surface area (Å²) in [7, 11) is 0. The lowest BCUT2D eigenvalue weighted by Gasteiger charge is -2.30. The molecule has 1 aliphatic heterocycles. The van der Waals surface area contributed by atoms with Gasteiger partial charge in [-0.1, -0.05) is 5.16 Å². The number of halogens is 3. The Bertz CT molecular complexity index is 649. The number of anilines is 1. The maximum atomic E-state index is 12.7. The molecular formula is C13H14F3N5O.